The van der Waals surface area contributed by atoms with Crippen molar-refractivity contribution in [2.24, 2.45) is 0 Å². The second-order valence-corrected chi connectivity index (χ2v) is 7.43. The Kier molecular flexibility index (Phi) is 5.62. The van der Waals surface area contributed by atoms with Crippen LogP contribution in [0.15, 0.2) is 35.1 Å². The minimum atomic E-state index is -0.261. The third-order valence-corrected chi connectivity index (χ3v) is 5.45. The molecule has 0 saturated heterocycles. The zero-order valence-corrected chi connectivity index (χ0v) is 16.1. The molecule has 3 rings (SSSR count). The van der Waals surface area contributed by atoms with Crippen LogP contribution in [0, 0.1) is 13.8 Å². The van der Waals surface area contributed by atoms with Crippen molar-refractivity contribution < 1.29 is 14.3 Å². The van der Waals surface area contributed by atoms with Gasteiger partial charge in [-0.15, -0.1) is 11.3 Å². The van der Waals surface area contributed by atoms with Crippen LogP contribution in [0.2, 0.25) is 0 Å². The van der Waals surface area contributed by atoms with Crippen LogP contribution in [0.25, 0.3) is 20.2 Å². The number of hydrogen-bond donors (Lipinski definition) is 0. The van der Waals surface area contributed by atoms with Gasteiger partial charge >= 0.3 is 0 Å². The number of carbonyl (C=O) groups excluding carboxylic acids is 1. The van der Waals surface area contributed by atoms with Gasteiger partial charge in [-0.3, -0.25) is 9.59 Å². The lowest BCUT2D eigenvalue weighted by molar-refractivity contribution is 0.167. The summed E-state index contributed by atoms with van der Waals surface area (Å²) in [5.74, 6) is 0.521. The van der Waals surface area contributed by atoms with Crippen molar-refractivity contribution in [3.8, 4) is 5.75 Å². The van der Waals surface area contributed by atoms with Gasteiger partial charge in [0.2, 0.25) is 13.7 Å². The molecule has 26 heavy (non-hydrogen) atoms. The molecule has 0 atom stereocenters. The van der Waals surface area contributed by atoms with Crippen molar-refractivity contribution in [2.75, 3.05) is 13.2 Å². The SMILES string of the molecule is BC(=O)OCCCCOc1c(C)cc2sc3ccccc3c(=O)c2c1C. The first-order chi connectivity index (χ1) is 12.5. The molecule has 0 unspecified atom stereocenters. The van der Waals surface area contributed by atoms with Gasteiger partial charge in [-0.25, -0.2) is 0 Å². The number of fused-ring (bicyclic) bond motifs is 2. The zero-order chi connectivity index (χ0) is 18.7. The molecule has 1 heterocycles. The van der Waals surface area contributed by atoms with Gasteiger partial charge in [0.25, 0.3) is 0 Å². The van der Waals surface area contributed by atoms with Crippen molar-refractivity contribution >= 4 is 45.2 Å². The van der Waals surface area contributed by atoms with E-state index in [1.165, 1.54) is 7.85 Å². The van der Waals surface area contributed by atoms with Gasteiger partial charge in [0.1, 0.15) is 5.75 Å². The van der Waals surface area contributed by atoms with E-state index in [0.717, 1.165) is 49.9 Å². The number of hydrogen-bond acceptors (Lipinski definition) is 5. The number of benzene rings is 2. The molecule has 0 aliphatic heterocycles. The van der Waals surface area contributed by atoms with E-state index in [-0.39, 0.29) is 11.3 Å². The summed E-state index contributed by atoms with van der Waals surface area (Å²) >= 11 is 1.64. The lowest BCUT2D eigenvalue weighted by Crippen LogP contribution is -2.08. The zero-order valence-electron chi connectivity index (χ0n) is 15.3. The first-order valence-corrected chi connectivity index (χ1v) is 9.52. The molecule has 6 heteroatoms. The molecule has 0 N–H and O–H groups in total. The van der Waals surface area contributed by atoms with Crippen molar-refractivity contribution in [1.29, 1.82) is 0 Å². The van der Waals surface area contributed by atoms with Crippen molar-refractivity contribution in [2.45, 2.75) is 26.7 Å². The molecule has 3 aromatic rings. The smallest absolute Gasteiger partial charge is 0.243 e. The highest BCUT2D eigenvalue weighted by atomic mass is 32.1. The fraction of sp³-hybridized carbons (Fsp3) is 0.300. The minimum Gasteiger partial charge on any atom is -0.493 e. The molecule has 0 spiro atoms. The van der Waals surface area contributed by atoms with E-state index in [1.807, 2.05) is 44.2 Å². The molecule has 0 radical (unpaired) electrons. The van der Waals surface area contributed by atoms with Gasteiger partial charge < -0.3 is 9.47 Å². The molecule has 2 aromatic carbocycles. The highest BCUT2D eigenvalue weighted by molar-refractivity contribution is 7.24. The Bertz CT molecular complexity index is 1030. The summed E-state index contributed by atoms with van der Waals surface area (Å²) in [7, 11) is 1.41. The summed E-state index contributed by atoms with van der Waals surface area (Å²) in [6.45, 7) is 4.89. The van der Waals surface area contributed by atoms with Gasteiger partial charge in [0.15, 0.2) is 5.43 Å². The molecule has 0 saturated carbocycles. The average Bonchev–Trinajstić information content (AvgIpc) is 2.60. The highest BCUT2D eigenvalue weighted by Crippen LogP contribution is 2.34. The molecule has 0 amide bonds. The van der Waals surface area contributed by atoms with Crippen LogP contribution >= 0.6 is 11.3 Å². The average molecular weight is 368 g/mol. The van der Waals surface area contributed by atoms with Gasteiger partial charge in [-0.1, -0.05) is 12.1 Å². The summed E-state index contributed by atoms with van der Waals surface area (Å²) in [4.78, 5) is 23.7. The van der Waals surface area contributed by atoms with Gasteiger partial charge in [-0.05, 0) is 50.5 Å². The van der Waals surface area contributed by atoms with E-state index in [1.54, 1.807) is 11.3 Å². The van der Waals surface area contributed by atoms with E-state index in [4.69, 9.17) is 9.47 Å². The Hall–Kier alpha value is -2.34. The second kappa shape index (κ2) is 7.91. The Morgan fingerprint density at radius 3 is 2.62 bits per heavy atom. The third kappa shape index (κ3) is 3.75. The number of carbonyl (C=O) groups is 1. The quantitative estimate of drug-likeness (QED) is 0.375. The van der Waals surface area contributed by atoms with Crippen LogP contribution in [0.5, 0.6) is 5.75 Å². The van der Waals surface area contributed by atoms with Crippen molar-refractivity contribution in [3.63, 3.8) is 0 Å². The number of unbranched alkanes of at least 4 members (excludes halogenated alkanes) is 1. The van der Waals surface area contributed by atoms with Crippen LogP contribution in [0.3, 0.4) is 0 Å². The maximum Gasteiger partial charge on any atom is 0.243 e. The number of rotatable bonds is 6. The predicted octanol–water partition coefficient (Wildman–Crippen LogP) is 3.96. The van der Waals surface area contributed by atoms with Crippen LogP contribution in [0.4, 0.5) is 4.79 Å². The van der Waals surface area contributed by atoms with Gasteiger partial charge in [0, 0.05) is 25.7 Å². The standard InChI is InChI=1S/C20H21BO4S/c1-12-11-16-17(18(22)14-7-3-4-8-15(14)26-16)13(2)19(12)24-9-5-6-10-25-20(21)23/h3-4,7-8,11H,5-6,9-10,21H2,1-2H3. The summed E-state index contributed by atoms with van der Waals surface area (Å²) in [5.41, 5.74) is 1.99. The van der Waals surface area contributed by atoms with E-state index < -0.39 is 0 Å². The fourth-order valence-electron chi connectivity index (χ4n) is 3.10. The molecule has 4 nitrogen and oxygen atoms in total. The van der Waals surface area contributed by atoms with E-state index in [9.17, 15) is 9.59 Å². The van der Waals surface area contributed by atoms with Crippen molar-refractivity contribution in [1.82, 2.24) is 0 Å². The van der Waals surface area contributed by atoms with Crippen LogP contribution < -0.4 is 10.2 Å². The lowest BCUT2D eigenvalue weighted by atomic mass is 10.0. The Morgan fingerprint density at radius 2 is 1.85 bits per heavy atom. The van der Waals surface area contributed by atoms with E-state index >= 15 is 0 Å². The predicted molar refractivity (Wildman–Crippen MR) is 110 cm³/mol. The van der Waals surface area contributed by atoms with Crippen LogP contribution in [-0.2, 0) is 4.74 Å². The minimum absolute atomic E-state index is 0.0616. The van der Waals surface area contributed by atoms with E-state index in [0.29, 0.717) is 13.2 Å². The summed E-state index contributed by atoms with van der Waals surface area (Å²) in [5, 5.41) is 1.50. The Balaban J connectivity index is 1.87. The van der Waals surface area contributed by atoms with Gasteiger partial charge in [-0.2, -0.15) is 0 Å². The fourth-order valence-corrected chi connectivity index (χ4v) is 4.34. The maximum absolute atomic E-state index is 13.0. The summed E-state index contributed by atoms with van der Waals surface area (Å²) < 4.78 is 12.9. The molecule has 0 fully saturated rings. The molecular weight excluding hydrogens is 347 g/mol. The topological polar surface area (TPSA) is 52.6 Å². The summed E-state index contributed by atoms with van der Waals surface area (Å²) in [6.07, 6.45) is 1.54. The van der Waals surface area contributed by atoms with E-state index in [2.05, 4.69) is 0 Å². The molecule has 0 aliphatic carbocycles. The number of ether oxygens (including phenoxy) is 2. The third-order valence-electron chi connectivity index (χ3n) is 4.34. The molecule has 1 aromatic heterocycles. The normalized spacial score (nSPS) is 11.0. The first kappa shape index (κ1) is 18.5. The lowest BCUT2D eigenvalue weighted by Gasteiger charge is -2.14. The Labute approximate surface area is 157 Å². The second-order valence-electron chi connectivity index (χ2n) is 6.34. The first-order valence-electron chi connectivity index (χ1n) is 8.71. The Morgan fingerprint density at radius 1 is 1.12 bits per heavy atom. The summed E-state index contributed by atoms with van der Waals surface area (Å²) in [6, 6.07) is 9.75. The highest BCUT2D eigenvalue weighted by Gasteiger charge is 2.14. The van der Waals surface area contributed by atoms with Crippen LogP contribution in [0.1, 0.15) is 24.0 Å². The molecule has 0 aliphatic rings. The number of aryl methyl sites for hydroxylation is 2. The molecule has 134 valence electrons. The molecule has 0 bridgehead atoms. The van der Waals surface area contributed by atoms with Crippen molar-refractivity contribution in [3.05, 3.63) is 51.7 Å². The van der Waals surface area contributed by atoms with Gasteiger partial charge in [0.05, 0.1) is 13.2 Å². The molecular formula is C20H21BO4S. The van der Waals surface area contributed by atoms with Crippen LogP contribution in [-0.4, -0.2) is 26.9 Å². The largest absolute Gasteiger partial charge is 0.493 e. The monoisotopic (exact) mass is 368 g/mol. The maximum atomic E-state index is 13.0.